The third kappa shape index (κ3) is 9.65. The molecule has 0 aromatic heterocycles. The maximum atomic E-state index is 13.6. The van der Waals surface area contributed by atoms with Gasteiger partial charge in [-0.3, -0.25) is 0 Å². The smallest absolute Gasteiger partial charge is 0.127 e. The topological polar surface area (TPSA) is 96.9 Å². The lowest BCUT2D eigenvalue weighted by molar-refractivity contribution is -0.0856. The number of benzene rings is 4. The molecule has 258 valence electrons. The molecule has 0 saturated carbocycles. The standard InChI is InChI=1S/C38H46FNO8/c1-42-24-31(41)25-48-37-21-40-20-36(47-22-26-17-28-7-4-5-8-33(28)35(18-26)44-3)38(37)27-9-12-32(13-10-27)46-16-6-15-45-23-29-19-30(39)11-14-34(29)43-2/h4-5,7-14,17-19,31,36-38,40-41H,6,15-16,20-25H2,1-3H3/t31-,36?,37-,38-/m1/s1. The van der Waals surface area contributed by atoms with E-state index in [9.17, 15) is 9.50 Å². The Kier molecular flexibility index (Phi) is 13.4. The van der Waals surface area contributed by atoms with Crippen LogP contribution in [0.4, 0.5) is 4.39 Å². The van der Waals surface area contributed by atoms with Gasteiger partial charge in [0, 0.05) is 43.5 Å². The zero-order chi connectivity index (χ0) is 33.7. The van der Waals surface area contributed by atoms with Crippen molar-refractivity contribution < 1.29 is 42.7 Å². The number of hydrogen-bond acceptors (Lipinski definition) is 9. The van der Waals surface area contributed by atoms with Crippen molar-refractivity contribution in [2.24, 2.45) is 0 Å². The van der Waals surface area contributed by atoms with Crippen LogP contribution in [-0.4, -0.2) is 84.3 Å². The number of rotatable bonds is 18. The number of ether oxygens (including phenoxy) is 7. The molecule has 10 heteroatoms. The highest BCUT2D eigenvalue weighted by molar-refractivity contribution is 5.89. The van der Waals surface area contributed by atoms with Crippen LogP contribution < -0.4 is 19.5 Å². The summed E-state index contributed by atoms with van der Waals surface area (Å²) < 4.78 is 54.2. The summed E-state index contributed by atoms with van der Waals surface area (Å²) >= 11 is 0. The first kappa shape index (κ1) is 35.5. The van der Waals surface area contributed by atoms with Gasteiger partial charge in [0.25, 0.3) is 0 Å². The highest BCUT2D eigenvalue weighted by Gasteiger charge is 2.36. The Hall–Kier alpha value is -3.77. The molecule has 5 rings (SSSR count). The predicted octanol–water partition coefficient (Wildman–Crippen LogP) is 5.65. The van der Waals surface area contributed by atoms with E-state index in [1.54, 1.807) is 27.4 Å². The number of nitrogens with one attached hydrogen (secondary N) is 1. The SMILES string of the molecule is COC[C@@H](O)CO[C@@H]1CNCC(OCc2cc(OC)c3ccccc3c2)[C@H]1c1ccc(OCCCOCc2cc(F)ccc2OC)cc1. The first-order valence-electron chi connectivity index (χ1n) is 16.3. The summed E-state index contributed by atoms with van der Waals surface area (Å²) in [4.78, 5) is 0. The van der Waals surface area contributed by atoms with E-state index in [2.05, 4.69) is 29.6 Å². The van der Waals surface area contributed by atoms with Gasteiger partial charge in [-0.2, -0.15) is 0 Å². The number of hydrogen-bond donors (Lipinski definition) is 2. The van der Waals surface area contributed by atoms with Crippen LogP contribution >= 0.6 is 0 Å². The van der Waals surface area contributed by atoms with E-state index >= 15 is 0 Å². The van der Waals surface area contributed by atoms with Crippen LogP contribution in [0.25, 0.3) is 10.8 Å². The van der Waals surface area contributed by atoms with Gasteiger partial charge in [0.1, 0.15) is 29.2 Å². The van der Waals surface area contributed by atoms with Gasteiger partial charge in [-0.05, 0) is 59.0 Å². The fourth-order valence-corrected chi connectivity index (χ4v) is 6.06. The van der Waals surface area contributed by atoms with Crippen LogP contribution in [0.15, 0.2) is 78.9 Å². The van der Waals surface area contributed by atoms with Crippen molar-refractivity contribution in [2.75, 3.05) is 60.8 Å². The maximum Gasteiger partial charge on any atom is 0.127 e. The van der Waals surface area contributed by atoms with Crippen LogP contribution in [0.3, 0.4) is 0 Å². The summed E-state index contributed by atoms with van der Waals surface area (Å²) in [5.41, 5.74) is 2.75. The lowest BCUT2D eigenvalue weighted by atomic mass is 9.85. The molecule has 1 fully saturated rings. The molecule has 0 aliphatic carbocycles. The lowest BCUT2D eigenvalue weighted by Crippen LogP contribution is -2.51. The van der Waals surface area contributed by atoms with Gasteiger partial charge in [0.05, 0.1) is 66.1 Å². The van der Waals surface area contributed by atoms with Crippen molar-refractivity contribution in [3.63, 3.8) is 0 Å². The fourth-order valence-electron chi connectivity index (χ4n) is 6.06. The van der Waals surface area contributed by atoms with Gasteiger partial charge in [-0.25, -0.2) is 4.39 Å². The third-order valence-electron chi connectivity index (χ3n) is 8.39. The van der Waals surface area contributed by atoms with Gasteiger partial charge in [0.2, 0.25) is 0 Å². The summed E-state index contributed by atoms with van der Waals surface area (Å²) in [5, 5.41) is 15.9. The second kappa shape index (κ2) is 18.1. The molecule has 0 amide bonds. The van der Waals surface area contributed by atoms with E-state index in [0.717, 1.165) is 33.4 Å². The van der Waals surface area contributed by atoms with Crippen molar-refractivity contribution in [3.8, 4) is 17.2 Å². The minimum absolute atomic E-state index is 0.0920. The van der Waals surface area contributed by atoms with Gasteiger partial charge in [0.15, 0.2) is 0 Å². The molecular formula is C38H46FNO8. The molecule has 1 saturated heterocycles. The summed E-state index contributed by atoms with van der Waals surface area (Å²) in [5.74, 6) is 1.74. The molecule has 1 aliphatic rings. The minimum Gasteiger partial charge on any atom is -0.496 e. The Balaban J connectivity index is 1.20. The molecule has 9 nitrogen and oxygen atoms in total. The number of fused-ring (bicyclic) bond motifs is 1. The average molecular weight is 664 g/mol. The molecule has 1 unspecified atom stereocenters. The molecule has 48 heavy (non-hydrogen) atoms. The van der Waals surface area contributed by atoms with Crippen molar-refractivity contribution in [3.05, 3.63) is 101 Å². The minimum atomic E-state index is -0.724. The molecule has 0 bridgehead atoms. The second-order valence-corrected chi connectivity index (χ2v) is 11.8. The predicted molar refractivity (Wildman–Crippen MR) is 181 cm³/mol. The number of aliphatic hydroxyl groups is 1. The molecule has 0 spiro atoms. The summed E-state index contributed by atoms with van der Waals surface area (Å²) in [6.07, 6.45) is -0.482. The average Bonchev–Trinajstić information content (AvgIpc) is 3.11. The molecule has 2 N–H and O–H groups in total. The highest BCUT2D eigenvalue weighted by Crippen LogP contribution is 2.33. The molecule has 4 aromatic carbocycles. The molecule has 4 aromatic rings. The van der Waals surface area contributed by atoms with Crippen molar-refractivity contribution in [1.29, 1.82) is 0 Å². The number of piperidine rings is 1. The van der Waals surface area contributed by atoms with Gasteiger partial charge in [-0.15, -0.1) is 0 Å². The van der Waals surface area contributed by atoms with E-state index in [1.165, 1.54) is 12.1 Å². The molecular weight excluding hydrogens is 617 g/mol. The largest absolute Gasteiger partial charge is 0.496 e. The van der Waals surface area contributed by atoms with Crippen LogP contribution in [0.2, 0.25) is 0 Å². The van der Waals surface area contributed by atoms with Crippen molar-refractivity contribution in [1.82, 2.24) is 5.32 Å². The second-order valence-electron chi connectivity index (χ2n) is 11.8. The maximum absolute atomic E-state index is 13.6. The quantitative estimate of drug-likeness (QED) is 0.131. The number of halogens is 1. The Morgan fingerprint density at radius 1 is 0.812 bits per heavy atom. The van der Waals surface area contributed by atoms with Gasteiger partial charge >= 0.3 is 0 Å². The van der Waals surface area contributed by atoms with Gasteiger partial charge < -0.3 is 43.6 Å². The zero-order valence-corrected chi connectivity index (χ0v) is 27.9. The molecule has 1 aliphatic heterocycles. The first-order chi connectivity index (χ1) is 23.5. The molecule has 0 radical (unpaired) electrons. The third-order valence-corrected chi connectivity index (χ3v) is 8.39. The molecule has 1 heterocycles. The summed E-state index contributed by atoms with van der Waals surface area (Å²) in [7, 11) is 4.79. The van der Waals surface area contributed by atoms with Crippen molar-refractivity contribution in [2.45, 2.75) is 43.9 Å². The van der Waals surface area contributed by atoms with Crippen LogP contribution in [0.1, 0.15) is 29.0 Å². The Labute approximate surface area is 281 Å². The Morgan fingerprint density at radius 2 is 1.58 bits per heavy atom. The summed E-state index contributed by atoms with van der Waals surface area (Å²) in [6, 6.07) is 24.7. The van der Waals surface area contributed by atoms with E-state index in [0.29, 0.717) is 50.6 Å². The Morgan fingerprint density at radius 3 is 2.35 bits per heavy atom. The van der Waals surface area contributed by atoms with Crippen LogP contribution in [-0.2, 0) is 32.2 Å². The lowest BCUT2D eigenvalue weighted by Gasteiger charge is -2.39. The van der Waals surface area contributed by atoms with E-state index in [1.807, 2.05) is 36.4 Å². The number of methoxy groups -OCH3 is 3. The van der Waals surface area contributed by atoms with E-state index in [-0.39, 0.29) is 43.8 Å². The van der Waals surface area contributed by atoms with Crippen LogP contribution in [0, 0.1) is 5.82 Å². The fraction of sp³-hybridized carbons (Fsp3) is 0.421. The monoisotopic (exact) mass is 663 g/mol. The number of aliphatic hydroxyl groups excluding tert-OH is 1. The first-order valence-corrected chi connectivity index (χ1v) is 16.3. The van der Waals surface area contributed by atoms with Gasteiger partial charge in [-0.1, -0.05) is 36.4 Å². The van der Waals surface area contributed by atoms with Crippen LogP contribution in [0.5, 0.6) is 17.2 Å². The highest BCUT2D eigenvalue weighted by atomic mass is 19.1. The molecule has 4 atom stereocenters. The van der Waals surface area contributed by atoms with Crippen molar-refractivity contribution >= 4 is 10.8 Å². The van der Waals surface area contributed by atoms with E-state index in [4.69, 9.17) is 33.2 Å². The Bertz CT molecular complexity index is 1570. The zero-order valence-electron chi connectivity index (χ0n) is 27.9. The summed E-state index contributed by atoms with van der Waals surface area (Å²) in [6.45, 7) is 3.21. The van der Waals surface area contributed by atoms with E-state index < -0.39 is 6.10 Å². The normalized spacial score (nSPS) is 18.5.